The number of oxazole rings is 1. The fourth-order valence-electron chi connectivity index (χ4n) is 3.05. The number of para-hydroxylation sites is 1. The fraction of sp³-hybridized carbons (Fsp3) is 0.0870. The van der Waals surface area contributed by atoms with Crippen LogP contribution >= 0.6 is 11.6 Å². The van der Waals surface area contributed by atoms with Gasteiger partial charge in [0.1, 0.15) is 11.4 Å². The number of amides is 1. The topological polar surface area (TPSA) is 115 Å². The lowest BCUT2D eigenvalue weighted by molar-refractivity contribution is 0.102. The van der Waals surface area contributed by atoms with Crippen molar-refractivity contribution in [3.05, 3.63) is 77.8 Å². The first-order valence-electron chi connectivity index (χ1n) is 9.80. The molecule has 0 saturated heterocycles. The first kappa shape index (κ1) is 21.2. The van der Waals surface area contributed by atoms with Crippen molar-refractivity contribution in [2.24, 2.45) is 0 Å². The first-order chi connectivity index (χ1) is 15.5. The van der Waals surface area contributed by atoms with Crippen LogP contribution in [-0.4, -0.2) is 22.5 Å². The standard InChI is InChI=1S/C23H20ClN5O3/c1-2-31-23-21(22(30)28-18-6-4-3-5-16(18)24)17(25)11-20(29-23)27-15-9-7-14(8-10-15)19-12-26-13-32-19/h3-13H,2H2,1H3,(H,28,30)(H3,25,27,29). The summed E-state index contributed by atoms with van der Waals surface area (Å²) in [6, 6.07) is 16.0. The molecule has 1 amide bonds. The average Bonchev–Trinajstić information content (AvgIpc) is 3.31. The Kier molecular flexibility index (Phi) is 6.23. The zero-order valence-corrected chi connectivity index (χ0v) is 17.9. The Morgan fingerprint density at radius 2 is 1.97 bits per heavy atom. The lowest BCUT2D eigenvalue weighted by Gasteiger charge is -2.15. The number of halogens is 1. The Morgan fingerprint density at radius 3 is 2.66 bits per heavy atom. The Bertz CT molecular complexity index is 1230. The molecule has 0 atom stereocenters. The van der Waals surface area contributed by atoms with E-state index in [2.05, 4.69) is 20.6 Å². The largest absolute Gasteiger partial charge is 0.477 e. The summed E-state index contributed by atoms with van der Waals surface area (Å²) >= 11 is 6.14. The molecule has 4 N–H and O–H groups in total. The number of hydrogen-bond donors (Lipinski definition) is 3. The monoisotopic (exact) mass is 449 g/mol. The molecule has 0 spiro atoms. The highest BCUT2D eigenvalue weighted by atomic mass is 35.5. The Morgan fingerprint density at radius 1 is 1.19 bits per heavy atom. The second-order valence-electron chi connectivity index (χ2n) is 6.71. The predicted molar refractivity (Wildman–Crippen MR) is 124 cm³/mol. The van der Waals surface area contributed by atoms with Crippen molar-refractivity contribution < 1.29 is 13.9 Å². The fourth-order valence-corrected chi connectivity index (χ4v) is 3.23. The highest BCUT2D eigenvalue weighted by molar-refractivity contribution is 6.34. The number of carbonyl (C=O) groups is 1. The van der Waals surface area contributed by atoms with Crippen molar-refractivity contribution in [1.29, 1.82) is 0 Å². The van der Waals surface area contributed by atoms with Gasteiger partial charge < -0.3 is 25.5 Å². The van der Waals surface area contributed by atoms with E-state index in [9.17, 15) is 4.79 Å². The molecule has 4 rings (SSSR count). The van der Waals surface area contributed by atoms with E-state index in [1.165, 1.54) is 6.39 Å². The van der Waals surface area contributed by atoms with E-state index in [4.69, 9.17) is 26.5 Å². The Labute approximate surface area is 189 Å². The van der Waals surface area contributed by atoms with Gasteiger partial charge in [-0.15, -0.1) is 0 Å². The van der Waals surface area contributed by atoms with Gasteiger partial charge in [0, 0.05) is 17.3 Å². The third-order valence-electron chi connectivity index (χ3n) is 4.52. The molecule has 4 aromatic rings. The number of nitrogen functional groups attached to an aromatic ring is 1. The molecule has 32 heavy (non-hydrogen) atoms. The number of rotatable bonds is 7. The summed E-state index contributed by atoms with van der Waals surface area (Å²) in [5.74, 6) is 0.770. The van der Waals surface area contributed by atoms with E-state index in [1.54, 1.807) is 43.5 Å². The minimum atomic E-state index is -0.463. The second-order valence-corrected chi connectivity index (χ2v) is 7.12. The molecule has 0 aliphatic carbocycles. The van der Waals surface area contributed by atoms with Crippen LogP contribution in [0.15, 0.2) is 71.6 Å². The van der Waals surface area contributed by atoms with Crippen LogP contribution in [0.4, 0.5) is 22.9 Å². The van der Waals surface area contributed by atoms with Crippen molar-refractivity contribution in [2.75, 3.05) is 23.0 Å². The summed E-state index contributed by atoms with van der Waals surface area (Å²) in [6.07, 6.45) is 3.03. The molecule has 0 unspecified atom stereocenters. The third-order valence-corrected chi connectivity index (χ3v) is 4.85. The number of pyridine rings is 1. The van der Waals surface area contributed by atoms with Crippen LogP contribution in [-0.2, 0) is 0 Å². The van der Waals surface area contributed by atoms with E-state index < -0.39 is 5.91 Å². The van der Waals surface area contributed by atoms with Gasteiger partial charge in [-0.25, -0.2) is 4.98 Å². The highest BCUT2D eigenvalue weighted by Crippen LogP contribution is 2.30. The number of ether oxygens (including phenoxy) is 1. The van der Waals surface area contributed by atoms with E-state index >= 15 is 0 Å². The molecule has 2 heterocycles. The maximum atomic E-state index is 12.9. The highest BCUT2D eigenvalue weighted by Gasteiger charge is 2.20. The molecule has 2 aromatic carbocycles. The van der Waals surface area contributed by atoms with E-state index in [0.29, 0.717) is 28.9 Å². The van der Waals surface area contributed by atoms with E-state index in [1.807, 2.05) is 24.3 Å². The van der Waals surface area contributed by atoms with Gasteiger partial charge in [-0.2, -0.15) is 4.98 Å². The first-order valence-corrected chi connectivity index (χ1v) is 10.2. The zero-order valence-electron chi connectivity index (χ0n) is 17.1. The van der Waals surface area contributed by atoms with E-state index in [0.717, 1.165) is 11.3 Å². The van der Waals surface area contributed by atoms with Crippen LogP contribution in [0.25, 0.3) is 11.3 Å². The SMILES string of the molecule is CCOc1nc(Nc2ccc(-c3cnco3)cc2)cc(N)c1C(=O)Nc1ccccc1Cl. The van der Waals surface area contributed by atoms with Crippen molar-refractivity contribution in [3.63, 3.8) is 0 Å². The molecule has 0 fully saturated rings. The normalized spacial score (nSPS) is 10.6. The van der Waals surface area contributed by atoms with Gasteiger partial charge >= 0.3 is 0 Å². The quantitative estimate of drug-likeness (QED) is 0.347. The van der Waals surface area contributed by atoms with Crippen molar-refractivity contribution >= 4 is 40.4 Å². The molecule has 0 saturated carbocycles. The maximum Gasteiger partial charge on any atom is 0.263 e. The van der Waals surface area contributed by atoms with E-state index in [-0.39, 0.29) is 17.1 Å². The van der Waals surface area contributed by atoms with Crippen LogP contribution in [0.5, 0.6) is 5.88 Å². The zero-order chi connectivity index (χ0) is 22.5. The molecule has 162 valence electrons. The second kappa shape index (κ2) is 9.40. The number of hydrogen-bond acceptors (Lipinski definition) is 7. The Balaban J connectivity index is 1.58. The lowest BCUT2D eigenvalue weighted by Crippen LogP contribution is -2.17. The van der Waals surface area contributed by atoms with Crippen LogP contribution in [0.2, 0.25) is 5.02 Å². The molecular formula is C23H20ClN5O3. The smallest absolute Gasteiger partial charge is 0.263 e. The van der Waals surface area contributed by atoms with Crippen LogP contribution in [0, 0.1) is 0 Å². The van der Waals surface area contributed by atoms with Crippen molar-refractivity contribution in [3.8, 4) is 17.2 Å². The number of aromatic nitrogens is 2. The van der Waals surface area contributed by atoms with Gasteiger partial charge in [-0.05, 0) is 43.3 Å². The van der Waals surface area contributed by atoms with Gasteiger partial charge in [0.05, 0.1) is 29.2 Å². The third kappa shape index (κ3) is 4.65. The molecule has 8 nitrogen and oxygen atoms in total. The summed E-state index contributed by atoms with van der Waals surface area (Å²) in [5.41, 5.74) is 8.70. The molecule has 0 aliphatic rings. The molecular weight excluding hydrogens is 430 g/mol. The summed E-state index contributed by atoms with van der Waals surface area (Å²) < 4.78 is 10.9. The maximum absolute atomic E-state index is 12.9. The average molecular weight is 450 g/mol. The number of nitrogens with one attached hydrogen (secondary N) is 2. The number of anilines is 4. The number of nitrogens with two attached hydrogens (primary N) is 1. The number of nitrogens with zero attached hydrogens (tertiary/aromatic N) is 2. The minimum Gasteiger partial charge on any atom is -0.477 e. The molecule has 0 bridgehead atoms. The van der Waals surface area contributed by atoms with Crippen LogP contribution in [0.1, 0.15) is 17.3 Å². The van der Waals surface area contributed by atoms with Crippen LogP contribution < -0.4 is 21.1 Å². The van der Waals surface area contributed by atoms with Crippen molar-refractivity contribution in [2.45, 2.75) is 6.92 Å². The lowest BCUT2D eigenvalue weighted by atomic mass is 10.1. The molecule has 9 heteroatoms. The summed E-state index contributed by atoms with van der Waals surface area (Å²) in [5, 5.41) is 6.33. The number of benzene rings is 2. The molecule has 0 aliphatic heterocycles. The summed E-state index contributed by atoms with van der Waals surface area (Å²) in [4.78, 5) is 21.3. The number of carbonyl (C=O) groups excluding carboxylic acids is 1. The van der Waals surface area contributed by atoms with Crippen molar-refractivity contribution in [1.82, 2.24) is 9.97 Å². The van der Waals surface area contributed by atoms with Gasteiger partial charge in [-0.3, -0.25) is 4.79 Å². The molecule has 0 radical (unpaired) electrons. The minimum absolute atomic E-state index is 0.123. The predicted octanol–water partition coefficient (Wildman–Crippen LogP) is 5.37. The Hall–Kier alpha value is -4.04. The van der Waals surface area contributed by atoms with Gasteiger partial charge in [-0.1, -0.05) is 23.7 Å². The summed E-state index contributed by atoms with van der Waals surface area (Å²) in [7, 11) is 0. The summed E-state index contributed by atoms with van der Waals surface area (Å²) in [6.45, 7) is 2.12. The molecule has 2 aromatic heterocycles. The van der Waals surface area contributed by atoms with Gasteiger partial charge in [0.15, 0.2) is 12.2 Å². The van der Waals surface area contributed by atoms with Crippen LogP contribution in [0.3, 0.4) is 0 Å². The van der Waals surface area contributed by atoms with Gasteiger partial charge in [0.2, 0.25) is 5.88 Å². The van der Waals surface area contributed by atoms with Gasteiger partial charge in [0.25, 0.3) is 5.91 Å².